The maximum atomic E-state index is 12.2. The van der Waals surface area contributed by atoms with Gasteiger partial charge in [-0.15, -0.1) is 0 Å². The fraction of sp³-hybridized carbons (Fsp3) is 0.818. The minimum absolute atomic E-state index is 0.303. The van der Waals surface area contributed by atoms with Crippen LogP contribution in [0.4, 0.5) is 4.39 Å². The summed E-state index contributed by atoms with van der Waals surface area (Å²) in [4.78, 5) is 2.40. The number of hydrogen-bond donors (Lipinski definition) is 0. The number of halogens is 1. The van der Waals surface area contributed by atoms with Gasteiger partial charge >= 0.3 is 0 Å². The smallest absolute Gasteiger partial charge is 0.0872 e. The molecule has 0 aliphatic carbocycles. The molecule has 0 N–H and O–H groups in total. The molecular weight excluding hydrogens is 165 g/mol. The molecule has 2 heteroatoms. The van der Waals surface area contributed by atoms with Crippen LogP contribution < -0.4 is 0 Å². The molecule has 0 bridgehead atoms. The van der Waals surface area contributed by atoms with E-state index in [2.05, 4.69) is 11.8 Å². The predicted octanol–water partition coefficient (Wildman–Crippen LogP) is 3.12. The molecule has 0 aromatic carbocycles. The summed E-state index contributed by atoms with van der Waals surface area (Å²) in [5, 5.41) is 0. The van der Waals surface area contributed by atoms with E-state index in [0.29, 0.717) is 5.54 Å². The van der Waals surface area contributed by atoms with Gasteiger partial charge in [0, 0.05) is 12.1 Å². The topological polar surface area (TPSA) is 3.24 Å². The van der Waals surface area contributed by atoms with Gasteiger partial charge in [0.05, 0.1) is 6.33 Å². The molecule has 0 aromatic heterocycles. The molecule has 2 saturated heterocycles. The summed E-state index contributed by atoms with van der Waals surface area (Å²) in [6.45, 7) is 8.28. The van der Waals surface area contributed by atoms with Crippen molar-refractivity contribution in [2.75, 3.05) is 13.1 Å². The maximum absolute atomic E-state index is 12.2. The normalized spacial score (nSPS) is 35.8. The summed E-state index contributed by atoms with van der Waals surface area (Å²) in [7, 11) is 0. The van der Waals surface area contributed by atoms with Crippen LogP contribution in [-0.2, 0) is 0 Å². The first-order chi connectivity index (χ1) is 6.24. The highest BCUT2D eigenvalue weighted by molar-refractivity contribution is 5.17. The van der Waals surface area contributed by atoms with Gasteiger partial charge in [0.15, 0.2) is 0 Å². The average molecular weight is 185 g/mol. The lowest BCUT2D eigenvalue weighted by atomic mass is 9.96. The summed E-state index contributed by atoms with van der Waals surface area (Å²) >= 11 is 0. The summed E-state index contributed by atoms with van der Waals surface area (Å²) < 4.78 is 12.2. The Hall–Kier alpha value is -0.370. The van der Waals surface area contributed by atoms with E-state index < -0.39 is 0 Å². The standard InChI is InChI=1S/C9H14FN.C2H6/c1-9-3-2-4-11(9)7-8(5-9)6-10;1-2/h6H,2-5,7H2,1H3;1-2H3/b8-6+;. The van der Waals surface area contributed by atoms with Crippen molar-refractivity contribution in [3.63, 3.8) is 0 Å². The van der Waals surface area contributed by atoms with Crippen molar-refractivity contribution in [1.82, 2.24) is 4.90 Å². The molecule has 1 atom stereocenters. The summed E-state index contributed by atoms with van der Waals surface area (Å²) in [6.07, 6.45) is 4.27. The van der Waals surface area contributed by atoms with Crippen molar-refractivity contribution in [1.29, 1.82) is 0 Å². The van der Waals surface area contributed by atoms with Crippen LogP contribution in [0.3, 0.4) is 0 Å². The SMILES string of the molecule is CC.CC12CCCN1C/C(=C/F)C2. The molecule has 13 heavy (non-hydrogen) atoms. The fourth-order valence-electron chi connectivity index (χ4n) is 2.41. The lowest BCUT2D eigenvalue weighted by Gasteiger charge is -2.25. The summed E-state index contributed by atoms with van der Waals surface area (Å²) in [5.74, 6) is 0. The fourth-order valence-corrected chi connectivity index (χ4v) is 2.41. The molecule has 2 fully saturated rings. The predicted molar refractivity (Wildman–Crippen MR) is 54.4 cm³/mol. The van der Waals surface area contributed by atoms with E-state index in [1.165, 1.54) is 12.8 Å². The molecule has 0 amide bonds. The minimum Gasteiger partial charge on any atom is -0.294 e. The molecule has 2 aliphatic heterocycles. The van der Waals surface area contributed by atoms with Gasteiger partial charge in [-0.2, -0.15) is 0 Å². The van der Waals surface area contributed by atoms with E-state index in [1.807, 2.05) is 13.8 Å². The van der Waals surface area contributed by atoms with Gasteiger partial charge in [-0.1, -0.05) is 13.8 Å². The zero-order valence-electron chi connectivity index (χ0n) is 8.94. The van der Waals surface area contributed by atoms with E-state index in [9.17, 15) is 4.39 Å². The molecule has 2 rings (SSSR count). The second kappa shape index (κ2) is 4.23. The van der Waals surface area contributed by atoms with Gasteiger partial charge < -0.3 is 0 Å². The van der Waals surface area contributed by atoms with Crippen LogP contribution >= 0.6 is 0 Å². The highest BCUT2D eigenvalue weighted by Gasteiger charge is 2.42. The molecule has 76 valence electrons. The third-order valence-electron chi connectivity index (χ3n) is 3.06. The first kappa shape index (κ1) is 10.7. The Morgan fingerprint density at radius 3 is 2.69 bits per heavy atom. The molecule has 1 unspecified atom stereocenters. The first-order valence-electron chi connectivity index (χ1n) is 5.28. The Labute approximate surface area is 80.6 Å². The molecule has 0 aromatic rings. The van der Waals surface area contributed by atoms with E-state index in [4.69, 9.17) is 0 Å². The lowest BCUT2D eigenvalue weighted by molar-refractivity contribution is 0.218. The lowest BCUT2D eigenvalue weighted by Crippen LogP contribution is -2.34. The Bertz CT molecular complexity index is 200. The average Bonchev–Trinajstić information content (AvgIpc) is 2.62. The van der Waals surface area contributed by atoms with Crippen LogP contribution in [-0.4, -0.2) is 23.5 Å². The Morgan fingerprint density at radius 2 is 2.15 bits per heavy atom. The third kappa shape index (κ3) is 1.93. The van der Waals surface area contributed by atoms with Crippen LogP contribution in [0.25, 0.3) is 0 Å². The molecule has 2 aliphatic rings. The molecule has 0 radical (unpaired) electrons. The van der Waals surface area contributed by atoms with Gasteiger partial charge in [0.25, 0.3) is 0 Å². The van der Waals surface area contributed by atoms with Crippen LogP contribution in [0, 0.1) is 0 Å². The molecule has 0 spiro atoms. The minimum atomic E-state index is 0.303. The van der Waals surface area contributed by atoms with Crippen LogP contribution in [0.15, 0.2) is 11.9 Å². The Kier molecular flexibility index (Phi) is 3.48. The highest BCUT2D eigenvalue weighted by Crippen LogP contribution is 2.40. The molecular formula is C11H20FN. The number of nitrogens with zero attached hydrogens (tertiary/aromatic N) is 1. The number of hydrogen-bond acceptors (Lipinski definition) is 1. The summed E-state index contributed by atoms with van der Waals surface area (Å²) in [5.41, 5.74) is 1.28. The van der Waals surface area contributed by atoms with E-state index >= 15 is 0 Å². The van der Waals surface area contributed by atoms with Crippen molar-refractivity contribution in [3.8, 4) is 0 Å². The van der Waals surface area contributed by atoms with E-state index in [-0.39, 0.29) is 0 Å². The van der Waals surface area contributed by atoms with Gasteiger partial charge in [-0.05, 0) is 38.3 Å². The Morgan fingerprint density at radius 1 is 1.46 bits per heavy atom. The quantitative estimate of drug-likeness (QED) is 0.560. The zero-order valence-corrected chi connectivity index (χ0v) is 8.94. The van der Waals surface area contributed by atoms with Crippen molar-refractivity contribution in [3.05, 3.63) is 11.9 Å². The first-order valence-corrected chi connectivity index (χ1v) is 5.28. The van der Waals surface area contributed by atoms with Gasteiger partial charge in [-0.25, -0.2) is 4.39 Å². The molecule has 0 saturated carbocycles. The Balaban J connectivity index is 0.000000396. The second-order valence-electron chi connectivity index (χ2n) is 3.97. The third-order valence-corrected chi connectivity index (χ3v) is 3.06. The van der Waals surface area contributed by atoms with Crippen molar-refractivity contribution in [2.24, 2.45) is 0 Å². The zero-order chi connectivity index (χ0) is 9.90. The van der Waals surface area contributed by atoms with Gasteiger partial charge in [-0.3, -0.25) is 4.90 Å². The summed E-state index contributed by atoms with van der Waals surface area (Å²) in [6, 6.07) is 0. The van der Waals surface area contributed by atoms with E-state index in [1.54, 1.807) is 0 Å². The van der Waals surface area contributed by atoms with E-state index in [0.717, 1.165) is 31.4 Å². The van der Waals surface area contributed by atoms with Crippen LogP contribution in [0.2, 0.25) is 0 Å². The molecule has 2 heterocycles. The van der Waals surface area contributed by atoms with Crippen LogP contribution in [0.1, 0.15) is 40.0 Å². The largest absolute Gasteiger partial charge is 0.294 e. The highest BCUT2D eigenvalue weighted by atomic mass is 19.1. The monoisotopic (exact) mass is 185 g/mol. The maximum Gasteiger partial charge on any atom is 0.0872 e. The van der Waals surface area contributed by atoms with Gasteiger partial charge in [0.1, 0.15) is 0 Å². The van der Waals surface area contributed by atoms with Crippen molar-refractivity contribution >= 4 is 0 Å². The van der Waals surface area contributed by atoms with Crippen molar-refractivity contribution in [2.45, 2.75) is 45.6 Å². The number of rotatable bonds is 0. The van der Waals surface area contributed by atoms with Crippen molar-refractivity contribution < 1.29 is 4.39 Å². The molecule has 1 nitrogen and oxygen atoms in total. The van der Waals surface area contributed by atoms with Crippen LogP contribution in [0.5, 0.6) is 0 Å². The number of fused-ring (bicyclic) bond motifs is 1. The second-order valence-corrected chi connectivity index (χ2v) is 3.97. The van der Waals surface area contributed by atoms with Gasteiger partial charge in [0.2, 0.25) is 0 Å².